The predicted octanol–water partition coefficient (Wildman–Crippen LogP) is 4.37. The van der Waals surface area contributed by atoms with Crippen LogP contribution in [-0.2, 0) is 6.54 Å². The van der Waals surface area contributed by atoms with Crippen molar-refractivity contribution in [3.63, 3.8) is 0 Å². The van der Waals surface area contributed by atoms with Gasteiger partial charge in [-0.2, -0.15) is 0 Å². The average molecular weight is 326 g/mol. The number of ether oxygens (including phenoxy) is 1. The maximum Gasteiger partial charge on any atom is 0.118 e. The van der Waals surface area contributed by atoms with Crippen molar-refractivity contribution in [2.45, 2.75) is 19.5 Å². The molecule has 2 nitrogen and oxygen atoms in total. The fourth-order valence-electron chi connectivity index (χ4n) is 1.71. The zero-order chi connectivity index (χ0) is 13.0. The summed E-state index contributed by atoms with van der Waals surface area (Å²) in [7, 11) is 1.69. The molecule has 1 unspecified atom stereocenters. The van der Waals surface area contributed by atoms with E-state index in [9.17, 15) is 0 Å². The summed E-state index contributed by atoms with van der Waals surface area (Å²) in [5.74, 6) is 0.895. The minimum atomic E-state index is 0.324. The van der Waals surface area contributed by atoms with Crippen molar-refractivity contribution in [2.24, 2.45) is 0 Å². The van der Waals surface area contributed by atoms with Crippen LogP contribution < -0.4 is 10.1 Å². The van der Waals surface area contributed by atoms with Crippen molar-refractivity contribution in [1.29, 1.82) is 0 Å². The lowest BCUT2D eigenvalue weighted by atomic mass is 10.1. The van der Waals surface area contributed by atoms with Crippen molar-refractivity contribution >= 4 is 27.3 Å². The van der Waals surface area contributed by atoms with Crippen LogP contribution in [0.2, 0.25) is 0 Å². The molecule has 1 aromatic carbocycles. The monoisotopic (exact) mass is 325 g/mol. The Morgan fingerprint density at radius 1 is 1.28 bits per heavy atom. The van der Waals surface area contributed by atoms with Gasteiger partial charge in [0.15, 0.2) is 0 Å². The van der Waals surface area contributed by atoms with Crippen molar-refractivity contribution in [3.05, 3.63) is 50.6 Å². The van der Waals surface area contributed by atoms with E-state index >= 15 is 0 Å². The molecule has 18 heavy (non-hydrogen) atoms. The van der Waals surface area contributed by atoms with E-state index in [0.717, 1.165) is 12.3 Å². The van der Waals surface area contributed by atoms with Crippen LogP contribution >= 0.6 is 27.3 Å². The molecule has 0 aliphatic heterocycles. The van der Waals surface area contributed by atoms with Crippen LogP contribution in [0.1, 0.15) is 23.4 Å². The summed E-state index contributed by atoms with van der Waals surface area (Å²) in [6.45, 7) is 3.05. The van der Waals surface area contributed by atoms with Crippen LogP contribution in [0.15, 0.2) is 40.2 Å². The van der Waals surface area contributed by atoms with Crippen LogP contribution in [0.4, 0.5) is 0 Å². The first-order valence-corrected chi connectivity index (χ1v) is 7.47. The number of benzene rings is 1. The molecule has 0 spiro atoms. The predicted molar refractivity (Wildman–Crippen MR) is 80.3 cm³/mol. The standard InChI is InChI=1S/C14H16BrNOS/c1-10(11-3-5-12(17-2)6-4-11)16-9-14-13(15)7-8-18-14/h3-8,10,16H,9H2,1-2H3. The third-order valence-corrected chi connectivity index (χ3v) is 4.80. The Hall–Kier alpha value is -0.840. The number of methoxy groups -OCH3 is 1. The second kappa shape index (κ2) is 6.36. The fourth-order valence-corrected chi connectivity index (χ4v) is 3.15. The lowest BCUT2D eigenvalue weighted by Gasteiger charge is -2.14. The van der Waals surface area contributed by atoms with Gasteiger partial charge in [-0.3, -0.25) is 0 Å². The molecule has 0 saturated heterocycles. The van der Waals surface area contributed by atoms with E-state index in [1.54, 1.807) is 18.4 Å². The van der Waals surface area contributed by atoms with Crippen LogP contribution in [0.5, 0.6) is 5.75 Å². The second-order valence-corrected chi connectivity index (χ2v) is 5.92. The van der Waals surface area contributed by atoms with Gasteiger partial charge < -0.3 is 10.1 Å². The topological polar surface area (TPSA) is 21.3 Å². The lowest BCUT2D eigenvalue weighted by molar-refractivity contribution is 0.414. The molecule has 0 saturated carbocycles. The second-order valence-electron chi connectivity index (χ2n) is 4.07. The number of halogens is 1. The minimum absolute atomic E-state index is 0.324. The first-order chi connectivity index (χ1) is 8.70. The summed E-state index contributed by atoms with van der Waals surface area (Å²) >= 11 is 5.31. The zero-order valence-electron chi connectivity index (χ0n) is 10.4. The first kappa shape index (κ1) is 13.6. The van der Waals surface area contributed by atoms with E-state index in [1.807, 2.05) is 12.1 Å². The molecule has 1 heterocycles. The third kappa shape index (κ3) is 3.34. The highest BCUT2D eigenvalue weighted by molar-refractivity contribution is 9.10. The summed E-state index contributed by atoms with van der Waals surface area (Å²) in [4.78, 5) is 1.33. The summed E-state index contributed by atoms with van der Waals surface area (Å²) in [5, 5.41) is 5.62. The Labute approximate surface area is 120 Å². The average Bonchev–Trinajstić information content (AvgIpc) is 2.81. The van der Waals surface area contributed by atoms with E-state index < -0.39 is 0 Å². The van der Waals surface area contributed by atoms with E-state index in [0.29, 0.717) is 6.04 Å². The van der Waals surface area contributed by atoms with Crippen molar-refractivity contribution in [3.8, 4) is 5.75 Å². The molecule has 0 radical (unpaired) electrons. The highest BCUT2D eigenvalue weighted by Crippen LogP contribution is 2.24. The van der Waals surface area contributed by atoms with Gasteiger partial charge in [-0.05, 0) is 52.0 Å². The largest absolute Gasteiger partial charge is 0.497 e. The molecule has 1 atom stereocenters. The van der Waals surface area contributed by atoms with Crippen LogP contribution in [0.25, 0.3) is 0 Å². The van der Waals surface area contributed by atoms with Crippen LogP contribution in [0.3, 0.4) is 0 Å². The van der Waals surface area contributed by atoms with E-state index in [4.69, 9.17) is 4.74 Å². The van der Waals surface area contributed by atoms with Gasteiger partial charge in [0.2, 0.25) is 0 Å². The zero-order valence-corrected chi connectivity index (χ0v) is 12.8. The van der Waals surface area contributed by atoms with Gasteiger partial charge in [-0.1, -0.05) is 12.1 Å². The van der Waals surface area contributed by atoms with Crippen LogP contribution in [-0.4, -0.2) is 7.11 Å². The summed E-state index contributed by atoms with van der Waals surface area (Å²) < 4.78 is 6.34. The summed E-state index contributed by atoms with van der Waals surface area (Å²) in [6, 6.07) is 10.6. The molecule has 0 aliphatic carbocycles. The molecule has 2 aromatic rings. The third-order valence-electron chi connectivity index (χ3n) is 2.88. The quantitative estimate of drug-likeness (QED) is 0.881. The van der Waals surface area contributed by atoms with Gasteiger partial charge >= 0.3 is 0 Å². The maximum absolute atomic E-state index is 5.16. The number of hydrogen-bond acceptors (Lipinski definition) is 3. The van der Waals surface area contributed by atoms with E-state index in [-0.39, 0.29) is 0 Å². The number of rotatable bonds is 5. The Balaban J connectivity index is 1.94. The smallest absolute Gasteiger partial charge is 0.118 e. The SMILES string of the molecule is COc1ccc(C(C)NCc2sccc2Br)cc1. The van der Waals surface area contributed by atoms with Gasteiger partial charge in [-0.25, -0.2) is 0 Å². The van der Waals surface area contributed by atoms with Crippen molar-refractivity contribution in [2.75, 3.05) is 7.11 Å². The molecule has 1 aromatic heterocycles. The lowest BCUT2D eigenvalue weighted by Crippen LogP contribution is -2.17. The van der Waals surface area contributed by atoms with E-state index in [1.165, 1.54) is 14.9 Å². The van der Waals surface area contributed by atoms with Crippen LogP contribution in [0, 0.1) is 0 Å². The summed E-state index contributed by atoms with van der Waals surface area (Å²) in [5.41, 5.74) is 1.27. The molecule has 0 bridgehead atoms. The Morgan fingerprint density at radius 2 is 2.00 bits per heavy atom. The molecular weight excluding hydrogens is 310 g/mol. The minimum Gasteiger partial charge on any atom is -0.497 e. The Kier molecular flexibility index (Phi) is 4.80. The maximum atomic E-state index is 5.16. The fraction of sp³-hybridized carbons (Fsp3) is 0.286. The molecule has 0 aliphatic rings. The van der Waals surface area contributed by atoms with Crippen molar-refractivity contribution in [1.82, 2.24) is 5.32 Å². The number of thiophene rings is 1. The number of nitrogens with one attached hydrogen (secondary N) is 1. The number of hydrogen-bond donors (Lipinski definition) is 1. The first-order valence-electron chi connectivity index (χ1n) is 5.80. The van der Waals surface area contributed by atoms with Gasteiger partial charge in [0.25, 0.3) is 0 Å². The van der Waals surface area contributed by atoms with Gasteiger partial charge in [0.1, 0.15) is 5.75 Å². The van der Waals surface area contributed by atoms with Crippen molar-refractivity contribution < 1.29 is 4.74 Å². The molecule has 96 valence electrons. The summed E-state index contributed by atoms with van der Waals surface area (Å²) in [6.07, 6.45) is 0. The highest BCUT2D eigenvalue weighted by Gasteiger charge is 2.07. The van der Waals surface area contributed by atoms with E-state index in [2.05, 4.69) is 51.7 Å². The molecule has 2 rings (SSSR count). The molecule has 1 N–H and O–H groups in total. The van der Waals surface area contributed by atoms with Gasteiger partial charge in [0, 0.05) is 21.9 Å². The van der Waals surface area contributed by atoms with Gasteiger partial charge in [0.05, 0.1) is 7.11 Å². The van der Waals surface area contributed by atoms with Gasteiger partial charge in [-0.15, -0.1) is 11.3 Å². The Bertz CT molecular complexity index is 495. The molecule has 4 heteroatoms. The highest BCUT2D eigenvalue weighted by atomic mass is 79.9. The molecular formula is C14H16BrNOS. The Morgan fingerprint density at radius 3 is 2.56 bits per heavy atom. The molecule has 0 fully saturated rings. The normalized spacial score (nSPS) is 12.4. The molecule has 0 amide bonds.